The number of nitrogens with zero attached hydrogens (tertiary/aromatic N) is 3. The number of benzene rings is 1. The quantitative estimate of drug-likeness (QED) is 0.600. The highest BCUT2D eigenvalue weighted by atomic mass is 16.5. The largest absolute Gasteiger partial charge is 0.493 e. The van der Waals surface area contributed by atoms with Crippen molar-refractivity contribution in [2.75, 3.05) is 19.5 Å². The highest BCUT2D eigenvalue weighted by Gasteiger charge is 2.18. The van der Waals surface area contributed by atoms with Gasteiger partial charge in [0.15, 0.2) is 11.5 Å². The third kappa shape index (κ3) is 4.79. The standard InChI is InChI=1S/C23H28N4O4/c1-6-27-14-18(16(3)25-27)24-22(28)21-15(2)9-11-26(23(21)29)12-10-17-7-8-19(30-4)20(13-17)31-5/h7-9,11,13-14H,6,10,12H2,1-5H3,(H,24,28). The molecule has 1 N–H and O–H groups in total. The average Bonchev–Trinajstić information content (AvgIpc) is 3.12. The van der Waals surface area contributed by atoms with Gasteiger partial charge in [-0.05, 0) is 56.5 Å². The van der Waals surface area contributed by atoms with Gasteiger partial charge in [0, 0.05) is 25.5 Å². The van der Waals surface area contributed by atoms with Crippen molar-refractivity contribution in [1.82, 2.24) is 14.3 Å². The average molecular weight is 425 g/mol. The highest BCUT2D eigenvalue weighted by molar-refractivity contribution is 6.05. The second kappa shape index (κ2) is 9.51. The minimum absolute atomic E-state index is 0.137. The molecule has 0 bridgehead atoms. The van der Waals surface area contributed by atoms with Gasteiger partial charge in [0.05, 0.1) is 25.6 Å². The van der Waals surface area contributed by atoms with E-state index >= 15 is 0 Å². The van der Waals surface area contributed by atoms with Crippen LogP contribution in [0.15, 0.2) is 41.5 Å². The van der Waals surface area contributed by atoms with Crippen LogP contribution in [0.5, 0.6) is 11.5 Å². The van der Waals surface area contributed by atoms with Gasteiger partial charge >= 0.3 is 0 Å². The first-order valence-electron chi connectivity index (χ1n) is 10.1. The number of methoxy groups -OCH3 is 2. The zero-order valence-electron chi connectivity index (χ0n) is 18.6. The Balaban J connectivity index is 1.81. The molecular weight excluding hydrogens is 396 g/mol. The third-order valence-electron chi connectivity index (χ3n) is 5.21. The molecule has 0 unspecified atom stereocenters. The van der Waals surface area contributed by atoms with Crippen LogP contribution in [0.25, 0.3) is 0 Å². The zero-order valence-corrected chi connectivity index (χ0v) is 18.6. The Bertz CT molecular complexity index is 1150. The van der Waals surface area contributed by atoms with Crippen LogP contribution < -0.4 is 20.3 Å². The predicted molar refractivity (Wildman–Crippen MR) is 119 cm³/mol. The van der Waals surface area contributed by atoms with Crippen molar-refractivity contribution in [1.29, 1.82) is 0 Å². The number of hydrogen-bond acceptors (Lipinski definition) is 5. The number of rotatable bonds is 8. The van der Waals surface area contributed by atoms with Gasteiger partial charge in [-0.15, -0.1) is 0 Å². The van der Waals surface area contributed by atoms with E-state index in [-0.39, 0.29) is 11.1 Å². The molecule has 31 heavy (non-hydrogen) atoms. The summed E-state index contributed by atoms with van der Waals surface area (Å²) in [5, 5.41) is 7.15. The molecule has 8 heteroatoms. The van der Waals surface area contributed by atoms with Crippen LogP contribution in [0.4, 0.5) is 5.69 Å². The van der Waals surface area contributed by atoms with Gasteiger partial charge in [-0.3, -0.25) is 14.3 Å². The molecule has 2 aromatic heterocycles. The van der Waals surface area contributed by atoms with Crippen LogP contribution in [0.3, 0.4) is 0 Å². The lowest BCUT2D eigenvalue weighted by Crippen LogP contribution is -2.30. The Morgan fingerprint density at radius 3 is 2.52 bits per heavy atom. The Morgan fingerprint density at radius 2 is 1.87 bits per heavy atom. The zero-order chi connectivity index (χ0) is 22.5. The SMILES string of the molecule is CCn1cc(NC(=O)c2c(C)ccn(CCc3ccc(OC)c(OC)c3)c2=O)c(C)n1. The Hall–Kier alpha value is -3.55. The number of aryl methyl sites for hydroxylation is 5. The summed E-state index contributed by atoms with van der Waals surface area (Å²) >= 11 is 0. The topological polar surface area (TPSA) is 87.4 Å². The van der Waals surface area contributed by atoms with E-state index in [0.29, 0.717) is 48.0 Å². The molecule has 2 heterocycles. The van der Waals surface area contributed by atoms with Crippen LogP contribution in [0, 0.1) is 13.8 Å². The van der Waals surface area contributed by atoms with E-state index in [4.69, 9.17) is 9.47 Å². The van der Waals surface area contributed by atoms with Crippen molar-refractivity contribution < 1.29 is 14.3 Å². The predicted octanol–water partition coefficient (Wildman–Crippen LogP) is 3.19. The number of carbonyl (C=O) groups is 1. The molecule has 0 fully saturated rings. The Morgan fingerprint density at radius 1 is 1.13 bits per heavy atom. The molecule has 0 saturated heterocycles. The van der Waals surface area contributed by atoms with Gasteiger partial charge in [-0.25, -0.2) is 0 Å². The first-order valence-corrected chi connectivity index (χ1v) is 10.1. The maximum absolute atomic E-state index is 13.0. The number of carbonyl (C=O) groups excluding carboxylic acids is 1. The minimum Gasteiger partial charge on any atom is -0.493 e. The van der Waals surface area contributed by atoms with Gasteiger partial charge < -0.3 is 19.4 Å². The lowest BCUT2D eigenvalue weighted by atomic mass is 10.1. The van der Waals surface area contributed by atoms with Gasteiger partial charge in [0.1, 0.15) is 5.56 Å². The highest BCUT2D eigenvalue weighted by Crippen LogP contribution is 2.27. The second-order valence-corrected chi connectivity index (χ2v) is 7.25. The molecule has 0 atom stereocenters. The maximum Gasteiger partial charge on any atom is 0.263 e. The summed E-state index contributed by atoms with van der Waals surface area (Å²) in [6, 6.07) is 7.44. The van der Waals surface area contributed by atoms with E-state index < -0.39 is 5.91 Å². The second-order valence-electron chi connectivity index (χ2n) is 7.25. The number of hydrogen-bond donors (Lipinski definition) is 1. The molecule has 164 valence electrons. The molecule has 8 nitrogen and oxygen atoms in total. The van der Waals surface area contributed by atoms with E-state index in [1.165, 1.54) is 0 Å². The van der Waals surface area contributed by atoms with Crippen molar-refractivity contribution in [3.63, 3.8) is 0 Å². The van der Waals surface area contributed by atoms with E-state index in [9.17, 15) is 9.59 Å². The van der Waals surface area contributed by atoms with Crippen LogP contribution in [-0.2, 0) is 19.5 Å². The van der Waals surface area contributed by atoms with E-state index in [1.807, 2.05) is 32.0 Å². The molecule has 1 aromatic carbocycles. The lowest BCUT2D eigenvalue weighted by Gasteiger charge is -2.12. The third-order valence-corrected chi connectivity index (χ3v) is 5.21. The number of nitrogens with one attached hydrogen (secondary N) is 1. The van der Waals surface area contributed by atoms with Crippen molar-refractivity contribution in [2.24, 2.45) is 0 Å². The summed E-state index contributed by atoms with van der Waals surface area (Å²) in [4.78, 5) is 25.9. The first-order chi connectivity index (χ1) is 14.9. The number of ether oxygens (including phenoxy) is 2. The fourth-order valence-corrected chi connectivity index (χ4v) is 3.39. The molecule has 3 rings (SSSR count). The van der Waals surface area contributed by atoms with Gasteiger partial charge in [-0.1, -0.05) is 6.07 Å². The Labute approximate surface area is 181 Å². The number of amides is 1. The lowest BCUT2D eigenvalue weighted by molar-refractivity contribution is 0.102. The first kappa shape index (κ1) is 22.1. The molecule has 0 aliphatic rings. The maximum atomic E-state index is 13.0. The van der Waals surface area contributed by atoms with Crippen molar-refractivity contribution >= 4 is 11.6 Å². The molecular formula is C23H28N4O4. The number of pyridine rings is 1. The summed E-state index contributed by atoms with van der Waals surface area (Å²) in [5.41, 5.74) is 2.75. The van der Waals surface area contributed by atoms with Crippen LogP contribution in [0.1, 0.15) is 34.1 Å². The van der Waals surface area contributed by atoms with Crippen LogP contribution in [-0.4, -0.2) is 34.5 Å². The monoisotopic (exact) mass is 424 g/mol. The van der Waals surface area contributed by atoms with Crippen molar-refractivity contribution in [2.45, 2.75) is 40.3 Å². The van der Waals surface area contributed by atoms with Crippen LogP contribution in [0.2, 0.25) is 0 Å². The summed E-state index contributed by atoms with van der Waals surface area (Å²) in [5.74, 6) is 0.862. The van der Waals surface area contributed by atoms with Crippen molar-refractivity contribution in [3.8, 4) is 11.5 Å². The Kier molecular flexibility index (Phi) is 6.79. The van der Waals surface area contributed by atoms with Crippen LogP contribution >= 0.6 is 0 Å². The summed E-state index contributed by atoms with van der Waals surface area (Å²) in [7, 11) is 3.17. The minimum atomic E-state index is -0.429. The van der Waals surface area contributed by atoms with Gasteiger partial charge in [-0.2, -0.15) is 5.10 Å². The molecule has 0 radical (unpaired) electrons. The summed E-state index contributed by atoms with van der Waals surface area (Å²) in [6.45, 7) is 6.68. The smallest absolute Gasteiger partial charge is 0.263 e. The van der Waals surface area contributed by atoms with Crippen molar-refractivity contribution in [3.05, 3.63) is 69.4 Å². The molecule has 0 saturated carbocycles. The molecule has 3 aromatic rings. The normalized spacial score (nSPS) is 10.7. The van der Waals surface area contributed by atoms with E-state index in [2.05, 4.69) is 10.4 Å². The summed E-state index contributed by atoms with van der Waals surface area (Å²) in [6.07, 6.45) is 4.09. The summed E-state index contributed by atoms with van der Waals surface area (Å²) < 4.78 is 13.9. The number of aromatic nitrogens is 3. The molecule has 0 aliphatic heterocycles. The van der Waals surface area contributed by atoms with Gasteiger partial charge in [0.25, 0.3) is 11.5 Å². The fourth-order valence-electron chi connectivity index (χ4n) is 3.39. The van der Waals surface area contributed by atoms with E-state index in [0.717, 1.165) is 5.56 Å². The molecule has 1 amide bonds. The molecule has 0 aliphatic carbocycles. The molecule has 0 spiro atoms. The van der Waals surface area contributed by atoms with Gasteiger partial charge in [0.2, 0.25) is 0 Å². The number of anilines is 1. The fraction of sp³-hybridized carbons (Fsp3) is 0.348. The van der Waals surface area contributed by atoms with E-state index in [1.54, 1.807) is 48.9 Å².